The Balaban J connectivity index is 2.24. The average Bonchev–Trinajstić information content (AvgIpc) is 2.52. The highest BCUT2D eigenvalue weighted by Crippen LogP contribution is 2.29. The summed E-state index contributed by atoms with van der Waals surface area (Å²) in [6.07, 6.45) is 0.887. The molecule has 0 saturated carbocycles. The van der Waals surface area contributed by atoms with Crippen molar-refractivity contribution in [1.29, 1.82) is 0 Å². The van der Waals surface area contributed by atoms with Crippen LogP contribution in [0.15, 0.2) is 48.5 Å². The van der Waals surface area contributed by atoms with E-state index < -0.39 is 5.82 Å². The molecule has 22 heavy (non-hydrogen) atoms. The first-order valence-corrected chi connectivity index (χ1v) is 7.43. The molecular weight excluding hydrogens is 279 g/mol. The first-order valence-electron chi connectivity index (χ1n) is 7.43. The van der Waals surface area contributed by atoms with Crippen LogP contribution in [0.4, 0.5) is 15.8 Å². The predicted octanol–water partition coefficient (Wildman–Crippen LogP) is 4.18. The van der Waals surface area contributed by atoms with Crippen LogP contribution in [0.1, 0.15) is 31.7 Å². The third-order valence-corrected chi connectivity index (χ3v) is 3.92. The van der Waals surface area contributed by atoms with Crippen molar-refractivity contribution in [3.05, 3.63) is 59.9 Å². The maximum absolute atomic E-state index is 13.2. The third-order valence-electron chi connectivity index (χ3n) is 3.92. The molecule has 3 nitrogen and oxygen atoms in total. The zero-order valence-electron chi connectivity index (χ0n) is 12.8. The summed E-state index contributed by atoms with van der Waals surface area (Å²) in [5, 5.41) is 2.84. The number of anilines is 2. The van der Waals surface area contributed by atoms with Crippen molar-refractivity contribution in [2.24, 2.45) is 5.92 Å². The van der Waals surface area contributed by atoms with Crippen LogP contribution in [0.3, 0.4) is 0 Å². The van der Waals surface area contributed by atoms with Crippen molar-refractivity contribution >= 4 is 17.3 Å². The molecule has 2 unspecified atom stereocenters. The zero-order valence-corrected chi connectivity index (χ0v) is 12.8. The van der Waals surface area contributed by atoms with Gasteiger partial charge in [-0.1, -0.05) is 50.6 Å². The van der Waals surface area contributed by atoms with Crippen LogP contribution >= 0.6 is 0 Å². The summed E-state index contributed by atoms with van der Waals surface area (Å²) in [7, 11) is 0. The fourth-order valence-electron chi connectivity index (χ4n) is 2.48. The van der Waals surface area contributed by atoms with E-state index in [9.17, 15) is 9.18 Å². The van der Waals surface area contributed by atoms with Gasteiger partial charge >= 0.3 is 0 Å². The molecule has 0 aliphatic heterocycles. The third kappa shape index (κ3) is 3.64. The Hall–Kier alpha value is -2.36. The van der Waals surface area contributed by atoms with Crippen molar-refractivity contribution in [3.63, 3.8) is 0 Å². The van der Waals surface area contributed by atoms with E-state index in [2.05, 4.69) is 19.2 Å². The smallest absolute Gasteiger partial charge is 0.232 e. The molecule has 2 atom stereocenters. The Kier molecular flexibility index (Phi) is 5.15. The van der Waals surface area contributed by atoms with Gasteiger partial charge in [0.05, 0.1) is 11.6 Å². The maximum Gasteiger partial charge on any atom is 0.232 e. The molecule has 1 amide bonds. The number of rotatable bonds is 5. The van der Waals surface area contributed by atoms with Gasteiger partial charge in [-0.25, -0.2) is 4.39 Å². The van der Waals surface area contributed by atoms with Gasteiger partial charge < -0.3 is 11.1 Å². The van der Waals surface area contributed by atoms with Crippen LogP contribution in [0.2, 0.25) is 0 Å². The molecule has 0 aliphatic rings. The van der Waals surface area contributed by atoms with E-state index in [1.807, 2.05) is 30.3 Å². The fourth-order valence-corrected chi connectivity index (χ4v) is 2.48. The summed E-state index contributed by atoms with van der Waals surface area (Å²) in [6.45, 7) is 4.11. The summed E-state index contributed by atoms with van der Waals surface area (Å²) in [4.78, 5) is 12.7. The largest absolute Gasteiger partial charge is 0.396 e. The van der Waals surface area contributed by atoms with Crippen molar-refractivity contribution in [2.75, 3.05) is 11.1 Å². The van der Waals surface area contributed by atoms with Crippen molar-refractivity contribution < 1.29 is 9.18 Å². The van der Waals surface area contributed by atoms with Crippen molar-refractivity contribution in [1.82, 2.24) is 0 Å². The molecule has 0 fully saturated rings. The monoisotopic (exact) mass is 300 g/mol. The lowest BCUT2D eigenvalue weighted by Gasteiger charge is -2.23. The molecule has 2 rings (SSSR count). The highest BCUT2D eigenvalue weighted by atomic mass is 19.1. The second-order valence-corrected chi connectivity index (χ2v) is 5.50. The number of benzene rings is 2. The molecule has 4 heteroatoms. The number of nitrogens with one attached hydrogen (secondary N) is 1. The average molecular weight is 300 g/mol. The van der Waals surface area contributed by atoms with Crippen LogP contribution < -0.4 is 11.1 Å². The lowest BCUT2D eigenvalue weighted by Crippen LogP contribution is -2.26. The molecule has 116 valence electrons. The Bertz CT molecular complexity index is 643. The minimum atomic E-state index is -0.487. The Labute approximate surface area is 130 Å². The van der Waals surface area contributed by atoms with Crippen LogP contribution in [-0.2, 0) is 4.79 Å². The second kappa shape index (κ2) is 7.07. The van der Waals surface area contributed by atoms with Gasteiger partial charge in [0.2, 0.25) is 5.91 Å². The molecule has 0 spiro atoms. The van der Waals surface area contributed by atoms with Gasteiger partial charge in [-0.15, -0.1) is 0 Å². The minimum Gasteiger partial charge on any atom is -0.396 e. The molecule has 0 bridgehead atoms. The van der Waals surface area contributed by atoms with Crippen molar-refractivity contribution in [3.8, 4) is 0 Å². The standard InChI is InChI=1S/C18H21FN2O/c1-3-12(2)17(13-7-5-4-6-8-13)18(22)21-14-9-10-15(19)16(20)11-14/h4-12,17H,3,20H2,1-2H3,(H,21,22). The van der Waals surface area contributed by atoms with Crippen LogP contribution in [0.25, 0.3) is 0 Å². The molecule has 0 heterocycles. The molecule has 0 aromatic heterocycles. The molecule has 2 aromatic rings. The maximum atomic E-state index is 13.2. The number of carbonyl (C=O) groups excluding carboxylic acids is 1. The molecule has 2 aromatic carbocycles. The van der Waals surface area contributed by atoms with E-state index in [0.717, 1.165) is 12.0 Å². The summed E-state index contributed by atoms with van der Waals surface area (Å²) in [5.41, 5.74) is 7.05. The number of halogens is 1. The summed E-state index contributed by atoms with van der Waals surface area (Å²) in [6, 6.07) is 13.9. The molecule has 3 N–H and O–H groups in total. The Morgan fingerprint density at radius 2 is 1.91 bits per heavy atom. The first-order chi connectivity index (χ1) is 10.5. The second-order valence-electron chi connectivity index (χ2n) is 5.50. The highest BCUT2D eigenvalue weighted by molar-refractivity contribution is 5.96. The van der Waals surface area contributed by atoms with E-state index in [-0.39, 0.29) is 23.4 Å². The normalized spacial score (nSPS) is 13.4. The van der Waals surface area contributed by atoms with E-state index in [0.29, 0.717) is 5.69 Å². The lowest BCUT2D eigenvalue weighted by molar-refractivity contribution is -0.118. The number of carbonyl (C=O) groups is 1. The number of hydrogen-bond donors (Lipinski definition) is 2. The van der Waals surface area contributed by atoms with E-state index in [4.69, 9.17) is 5.73 Å². The van der Waals surface area contributed by atoms with E-state index >= 15 is 0 Å². The summed E-state index contributed by atoms with van der Waals surface area (Å²) >= 11 is 0. The van der Waals surface area contributed by atoms with Crippen molar-refractivity contribution in [2.45, 2.75) is 26.2 Å². The summed E-state index contributed by atoms with van der Waals surface area (Å²) in [5.74, 6) is -0.649. The predicted molar refractivity (Wildman–Crippen MR) is 88.1 cm³/mol. The van der Waals surface area contributed by atoms with Gasteiger partial charge in [0, 0.05) is 5.69 Å². The van der Waals surface area contributed by atoms with Gasteiger partial charge in [0.15, 0.2) is 0 Å². The van der Waals surface area contributed by atoms with Gasteiger partial charge in [-0.2, -0.15) is 0 Å². The lowest BCUT2D eigenvalue weighted by atomic mass is 9.85. The first kappa shape index (κ1) is 16.0. The number of nitrogens with two attached hydrogens (primary N) is 1. The highest BCUT2D eigenvalue weighted by Gasteiger charge is 2.25. The summed E-state index contributed by atoms with van der Waals surface area (Å²) < 4.78 is 13.2. The molecule has 0 saturated heterocycles. The van der Waals surface area contributed by atoms with Gasteiger partial charge in [-0.3, -0.25) is 4.79 Å². The van der Waals surface area contributed by atoms with Crippen LogP contribution in [0.5, 0.6) is 0 Å². The van der Waals surface area contributed by atoms with Crippen LogP contribution in [-0.4, -0.2) is 5.91 Å². The minimum absolute atomic E-state index is 0.0256. The van der Waals surface area contributed by atoms with Gasteiger partial charge in [0.1, 0.15) is 5.82 Å². The van der Waals surface area contributed by atoms with Gasteiger partial charge in [0.25, 0.3) is 0 Å². The van der Waals surface area contributed by atoms with Crippen LogP contribution in [0, 0.1) is 11.7 Å². The molecular formula is C18H21FN2O. The quantitative estimate of drug-likeness (QED) is 0.814. The topological polar surface area (TPSA) is 55.1 Å². The molecule has 0 aliphatic carbocycles. The van der Waals surface area contributed by atoms with E-state index in [1.165, 1.54) is 18.2 Å². The number of nitrogen functional groups attached to an aromatic ring is 1. The number of amides is 1. The van der Waals surface area contributed by atoms with E-state index in [1.54, 1.807) is 0 Å². The number of hydrogen-bond acceptors (Lipinski definition) is 2. The Morgan fingerprint density at radius 3 is 2.50 bits per heavy atom. The Morgan fingerprint density at radius 1 is 1.23 bits per heavy atom. The zero-order chi connectivity index (χ0) is 16.1. The fraction of sp³-hybridized carbons (Fsp3) is 0.278. The molecule has 0 radical (unpaired) electrons. The van der Waals surface area contributed by atoms with Gasteiger partial charge in [-0.05, 0) is 29.7 Å². The SMILES string of the molecule is CCC(C)C(C(=O)Nc1ccc(F)c(N)c1)c1ccccc1.